The van der Waals surface area contributed by atoms with Gasteiger partial charge in [0.2, 0.25) is 0 Å². The molecule has 1 fully saturated rings. The molecule has 60 valence electrons. The fraction of sp³-hybridized carbons (Fsp3) is 1.00. The van der Waals surface area contributed by atoms with Crippen LogP contribution < -0.4 is 0 Å². The zero-order chi connectivity index (χ0) is 7.56. The Morgan fingerprint density at radius 2 is 2.30 bits per heavy atom. The van der Waals surface area contributed by atoms with Crippen LogP contribution in [0.2, 0.25) is 0 Å². The highest BCUT2D eigenvalue weighted by molar-refractivity contribution is 4.76. The van der Waals surface area contributed by atoms with Crippen molar-refractivity contribution >= 4 is 0 Å². The van der Waals surface area contributed by atoms with Crippen molar-refractivity contribution in [3.63, 3.8) is 0 Å². The first-order valence-corrected chi connectivity index (χ1v) is 4.10. The predicted octanol–water partition coefficient (Wildman–Crippen LogP) is 1.69. The molecule has 0 unspecified atom stereocenters. The number of likely N-dealkylation sites (tertiary alicyclic amines) is 1. The maximum Gasteiger partial charge on any atom is 0.115 e. The zero-order valence-electron chi connectivity index (χ0n) is 6.81. The standard InChI is InChI=1S/C8H16FN/c1-3-10-5-4-7(2)8(9)6-10/h7-8H,3-6H2,1-2H3/t7-,8-/m1/s1. The lowest BCUT2D eigenvalue weighted by Gasteiger charge is -2.31. The lowest BCUT2D eigenvalue weighted by atomic mass is 9.97. The summed E-state index contributed by atoms with van der Waals surface area (Å²) >= 11 is 0. The van der Waals surface area contributed by atoms with E-state index < -0.39 is 6.17 Å². The smallest absolute Gasteiger partial charge is 0.115 e. The van der Waals surface area contributed by atoms with Gasteiger partial charge in [0, 0.05) is 6.54 Å². The van der Waals surface area contributed by atoms with Gasteiger partial charge in [0.1, 0.15) is 6.17 Å². The van der Waals surface area contributed by atoms with Gasteiger partial charge < -0.3 is 4.90 Å². The molecule has 0 aromatic rings. The Labute approximate surface area is 62.2 Å². The topological polar surface area (TPSA) is 3.24 Å². The molecule has 0 spiro atoms. The Bertz CT molecular complexity index is 105. The van der Waals surface area contributed by atoms with E-state index >= 15 is 0 Å². The average Bonchev–Trinajstić information content (AvgIpc) is 1.95. The number of piperidine rings is 1. The Balaban J connectivity index is 2.33. The van der Waals surface area contributed by atoms with Gasteiger partial charge in [-0.15, -0.1) is 0 Å². The SMILES string of the molecule is CCN1CC[C@@H](C)[C@H](F)C1. The molecule has 0 bridgehead atoms. The second-order valence-electron chi connectivity index (χ2n) is 3.18. The van der Waals surface area contributed by atoms with Crippen LogP contribution in [0.4, 0.5) is 4.39 Å². The lowest BCUT2D eigenvalue weighted by molar-refractivity contribution is 0.0975. The summed E-state index contributed by atoms with van der Waals surface area (Å²) in [6, 6.07) is 0. The molecule has 0 aromatic heterocycles. The van der Waals surface area contributed by atoms with Crippen LogP contribution in [0.1, 0.15) is 20.3 Å². The monoisotopic (exact) mass is 145 g/mol. The normalized spacial score (nSPS) is 36.3. The Kier molecular flexibility index (Phi) is 2.66. The van der Waals surface area contributed by atoms with E-state index in [0.717, 1.165) is 19.5 Å². The summed E-state index contributed by atoms with van der Waals surface area (Å²) in [6.45, 7) is 6.81. The van der Waals surface area contributed by atoms with Gasteiger partial charge in [-0.3, -0.25) is 0 Å². The van der Waals surface area contributed by atoms with Crippen LogP contribution in [0.5, 0.6) is 0 Å². The fourth-order valence-corrected chi connectivity index (χ4v) is 1.37. The molecule has 1 saturated heterocycles. The van der Waals surface area contributed by atoms with Gasteiger partial charge in [0.25, 0.3) is 0 Å². The summed E-state index contributed by atoms with van der Waals surface area (Å²) in [5, 5.41) is 0. The first-order chi connectivity index (χ1) is 4.74. The molecule has 0 N–H and O–H groups in total. The van der Waals surface area contributed by atoms with Crippen LogP contribution in [0, 0.1) is 5.92 Å². The van der Waals surface area contributed by atoms with E-state index in [9.17, 15) is 4.39 Å². The van der Waals surface area contributed by atoms with Crippen molar-refractivity contribution in [3.05, 3.63) is 0 Å². The van der Waals surface area contributed by atoms with Crippen molar-refractivity contribution in [2.24, 2.45) is 5.92 Å². The Hall–Kier alpha value is -0.110. The molecule has 0 saturated carbocycles. The molecule has 1 nitrogen and oxygen atoms in total. The molecule has 0 aromatic carbocycles. The van der Waals surface area contributed by atoms with Gasteiger partial charge >= 0.3 is 0 Å². The third-order valence-corrected chi connectivity index (χ3v) is 2.40. The van der Waals surface area contributed by atoms with Crippen molar-refractivity contribution in [3.8, 4) is 0 Å². The van der Waals surface area contributed by atoms with Gasteiger partial charge in [0.05, 0.1) is 0 Å². The molecule has 1 aliphatic heterocycles. The van der Waals surface area contributed by atoms with Crippen LogP contribution in [-0.2, 0) is 0 Å². The van der Waals surface area contributed by atoms with E-state index in [4.69, 9.17) is 0 Å². The minimum absolute atomic E-state index is 0.280. The molecule has 2 heteroatoms. The van der Waals surface area contributed by atoms with Crippen LogP contribution in [0.25, 0.3) is 0 Å². The second kappa shape index (κ2) is 3.33. The second-order valence-corrected chi connectivity index (χ2v) is 3.18. The zero-order valence-corrected chi connectivity index (χ0v) is 6.81. The van der Waals surface area contributed by atoms with Crippen LogP contribution in [-0.4, -0.2) is 30.7 Å². The predicted molar refractivity (Wildman–Crippen MR) is 40.8 cm³/mol. The number of hydrogen-bond donors (Lipinski definition) is 0. The highest BCUT2D eigenvalue weighted by Crippen LogP contribution is 2.18. The molecule has 0 aliphatic carbocycles. The molecule has 1 heterocycles. The number of nitrogens with zero attached hydrogens (tertiary/aromatic N) is 1. The third-order valence-electron chi connectivity index (χ3n) is 2.40. The summed E-state index contributed by atoms with van der Waals surface area (Å²) in [4.78, 5) is 2.17. The first kappa shape index (κ1) is 7.99. The number of halogens is 1. The summed E-state index contributed by atoms with van der Waals surface area (Å²) in [7, 11) is 0. The summed E-state index contributed by atoms with van der Waals surface area (Å²) in [5.41, 5.74) is 0. The number of alkyl halides is 1. The van der Waals surface area contributed by atoms with E-state index in [0.29, 0.717) is 6.54 Å². The maximum atomic E-state index is 13.0. The quantitative estimate of drug-likeness (QED) is 0.542. The van der Waals surface area contributed by atoms with Crippen molar-refractivity contribution in [1.29, 1.82) is 0 Å². The first-order valence-electron chi connectivity index (χ1n) is 4.10. The van der Waals surface area contributed by atoms with Crippen molar-refractivity contribution in [2.45, 2.75) is 26.4 Å². The highest BCUT2D eigenvalue weighted by Gasteiger charge is 2.24. The summed E-state index contributed by atoms with van der Waals surface area (Å²) in [5.74, 6) is 0.280. The largest absolute Gasteiger partial charge is 0.301 e. The van der Waals surface area contributed by atoms with Crippen molar-refractivity contribution in [1.82, 2.24) is 4.90 Å². The fourth-order valence-electron chi connectivity index (χ4n) is 1.37. The lowest BCUT2D eigenvalue weighted by Crippen LogP contribution is -2.40. The molecule has 1 aliphatic rings. The number of hydrogen-bond acceptors (Lipinski definition) is 1. The average molecular weight is 145 g/mol. The van der Waals surface area contributed by atoms with Crippen LogP contribution in [0.15, 0.2) is 0 Å². The van der Waals surface area contributed by atoms with Gasteiger partial charge in [-0.05, 0) is 25.4 Å². The van der Waals surface area contributed by atoms with E-state index in [2.05, 4.69) is 11.8 Å². The molecule has 0 amide bonds. The third kappa shape index (κ3) is 1.69. The highest BCUT2D eigenvalue weighted by atomic mass is 19.1. The molecular weight excluding hydrogens is 129 g/mol. The molecule has 0 radical (unpaired) electrons. The Morgan fingerprint density at radius 3 is 2.80 bits per heavy atom. The number of rotatable bonds is 1. The summed E-state index contributed by atoms with van der Waals surface area (Å²) in [6.07, 6.45) is 0.434. The van der Waals surface area contributed by atoms with Gasteiger partial charge in [0.15, 0.2) is 0 Å². The van der Waals surface area contributed by atoms with E-state index in [-0.39, 0.29) is 5.92 Å². The van der Waals surface area contributed by atoms with Crippen molar-refractivity contribution < 1.29 is 4.39 Å². The van der Waals surface area contributed by atoms with Gasteiger partial charge in [-0.2, -0.15) is 0 Å². The van der Waals surface area contributed by atoms with Crippen LogP contribution in [0.3, 0.4) is 0 Å². The molecule has 10 heavy (non-hydrogen) atoms. The molecular formula is C8H16FN. The minimum atomic E-state index is -0.589. The molecule has 2 atom stereocenters. The summed E-state index contributed by atoms with van der Waals surface area (Å²) < 4.78 is 13.0. The van der Waals surface area contributed by atoms with Crippen molar-refractivity contribution in [2.75, 3.05) is 19.6 Å². The van der Waals surface area contributed by atoms with Gasteiger partial charge in [-0.25, -0.2) is 4.39 Å². The van der Waals surface area contributed by atoms with Crippen LogP contribution >= 0.6 is 0 Å². The minimum Gasteiger partial charge on any atom is -0.301 e. The van der Waals surface area contributed by atoms with E-state index in [1.807, 2.05) is 6.92 Å². The maximum absolute atomic E-state index is 13.0. The Morgan fingerprint density at radius 1 is 1.60 bits per heavy atom. The van der Waals surface area contributed by atoms with Gasteiger partial charge in [-0.1, -0.05) is 13.8 Å². The molecule has 1 rings (SSSR count). The van der Waals surface area contributed by atoms with E-state index in [1.54, 1.807) is 0 Å². The van der Waals surface area contributed by atoms with E-state index in [1.165, 1.54) is 0 Å².